The molecule has 92 valence electrons. The Morgan fingerprint density at radius 2 is 1.56 bits per heavy atom. The van der Waals surface area contributed by atoms with Gasteiger partial charge in [-0.15, -0.1) is 0 Å². The number of hydrogen-bond acceptors (Lipinski definition) is 1. The third-order valence-corrected chi connectivity index (χ3v) is 3.10. The number of aryl methyl sites for hydroxylation is 1. The van der Waals surface area contributed by atoms with Gasteiger partial charge in [-0.25, -0.2) is 0 Å². The van der Waals surface area contributed by atoms with Crippen LogP contribution in [0.5, 0.6) is 0 Å². The smallest absolute Gasteiger partial charge is 0.0350 e. The number of rotatable bonds is 4. The fourth-order valence-corrected chi connectivity index (χ4v) is 1.89. The van der Waals surface area contributed by atoms with Gasteiger partial charge in [0.05, 0.1) is 0 Å². The van der Waals surface area contributed by atoms with Crippen LogP contribution in [0.25, 0.3) is 5.70 Å². The predicted octanol–water partition coefficient (Wildman–Crippen LogP) is 3.79. The molecule has 0 saturated heterocycles. The van der Waals surface area contributed by atoms with Gasteiger partial charge in [0.1, 0.15) is 0 Å². The number of allylic oxidation sites excluding steroid dienone is 1. The van der Waals surface area contributed by atoms with Crippen molar-refractivity contribution in [3.05, 3.63) is 77.4 Å². The third-order valence-electron chi connectivity index (χ3n) is 3.10. The minimum atomic E-state index is 0.843. The zero-order chi connectivity index (χ0) is 12.8. The Kier molecular flexibility index (Phi) is 4.19. The standard InChI is InChI=1S/C17H19N/c1-2-14-8-10-15(11-9-14)12-13-17(18)16-6-4-3-5-7-16/h3-11,13H,2,12,18H2,1H3/b17-13-. The van der Waals surface area contributed by atoms with Gasteiger partial charge >= 0.3 is 0 Å². The van der Waals surface area contributed by atoms with Crippen molar-refractivity contribution in [3.63, 3.8) is 0 Å². The Balaban J connectivity index is 2.05. The van der Waals surface area contributed by atoms with Crippen molar-refractivity contribution in [3.8, 4) is 0 Å². The average molecular weight is 237 g/mol. The molecule has 0 aliphatic rings. The van der Waals surface area contributed by atoms with E-state index in [1.165, 1.54) is 11.1 Å². The van der Waals surface area contributed by atoms with Crippen molar-refractivity contribution < 1.29 is 0 Å². The van der Waals surface area contributed by atoms with Crippen LogP contribution >= 0.6 is 0 Å². The molecule has 0 radical (unpaired) electrons. The summed E-state index contributed by atoms with van der Waals surface area (Å²) in [5.74, 6) is 0. The zero-order valence-electron chi connectivity index (χ0n) is 10.8. The minimum absolute atomic E-state index is 0.843. The second-order valence-corrected chi connectivity index (χ2v) is 4.40. The molecule has 18 heavy (non-hydrogen) atoms. The van der Waals surface area contributed by atoms with Gasteiger partial charge in [0.25, 0.3) is 0 Å². The van der Waals surface area contributed by atoms with Gasteiger partial charge < -0.3 is 5.73 Å². The molecule has 0 fully saturated rings. The summed E-state index contributed by atoms with van der Waals surface area (Å²) in [4.78, 5) is 0. The molecule has 0 saturated carbocycles. The molecular weight excluding hydrogens is 218 g/mol. The summed E-state index contributed by atoms with van der Waals surface area (Å²) in [5, 5.41) is 0. The first-order valence-electron chi connectivity index (χ1n) is 6.38. The fraction of sp³-hybridized carbons (Fsp3) is 0.176. The molecule has 1 nitrogen and oxygen atoms in total. The van der Waals surface area contributed by atoms with Crippen molar-refractivity contribution in [2.24, 2.45) is 5.73 Å². The van der Waals surface area contributed by atoms with E-state index in [2.05, 4.69) is 37.3 Å². The molecule has 0 unspecified atom stereocenters. The maximum Gasteiger partial charge on any atom is 0.0350 e. The highest BCUT2D eigenvalue weighted by Crippen LogP contribution is 2.11. The largest absolute Gasteiger partial charge is 0.398 e. The van der Waals surface area contributed by atoms with Crippen LogP contribution in [0.1, 0.15) is 23.6 Å². The van der Waals surface area contributed by atoms with Crippen LogP contribution in [-0.2, 0) is 12.8 Å². The lowest BCUT2D eigenvalue weighted by molar-refractivity contribution is 1.13. The van der Waals surface area contributed by atoms with Crippen LogP contribution in [-0.4, -0.2) is 0 Å². The lowest BCUT2D eigenvalue weighted by Crippen LogP contribution is -1.96. The van der Waals surface area contributed by atoms with Gasteiger partial charge in [-0.05, 0) is 29.5 Å². The Morgan fingerprint density at radius 1 is 0.944 bits per heavy atom. The molecule has 2 aromatic carbocycles. The highest BCUT2D eigenvalue weighted by Gasteiger charge is 1.96. The van der Waals surface area contributed by atoms with Gasteiger partial charge in [0, 0.05) is 5.70 Å². The van der Waals surface area contributed by atoms with Gasteiger partial charge in [-0.3, -0.25) is 0 Å². The van der Waals surface area contributed by atoms with Crippen molar-refractivity contribution in [1.82, 2.24) is 0 Å². The number of hydrogen-bond donors (Lipinski definition) is 1. The molecule has 0 spiro atoms. The van der Waals surface area contributed by atoms with Crippen molar-refractivity contribution in [2.75, 3.05) is 0 Å². The van der Waals surface area contributed by atoms with E-state index in [0.717, 1.165) is 24.1 Å². The molecule has 0 aliphatic carbocycles. The second kappa shape index (κ2) is 6.06. The molecule has 0 aliphatic heterocycles. The summed E-state index contributed by atoms with van der Waals surface area (Å²) >= 11 is 0. The Labute approximate surface area is 109 Å². The van der Waals surface area contributed by atoms with Crippen LogP contribution in [0.4, 0.5) is 0 Å². The van der Waals surface area contributed by atoms with E-state index in [0.29, 0.717) is 0 Å². The van der Waals surface area contributed by atoms with Crippen molar-refractivity contribution in [1.29, 1.82) is 0 Å². The highest BCUT2D eigenvalue weighted by molar-refractivity contribution is 5.62. The first-order valence-corrected chi connectivity index (χ1v) is 6.38. The molecule has 2 rings (SSSR count). The first-order chi connectivity index (χ1) is 8.79. The first kappa shape index (κ1) is 12.4. The summed E-state index contributed by atoms with van der Waals surface area (Å²) in [6.07, 6.45) is 4.04. The molecule has 2 N–H and O–H groups in total. The van der Waals surface area contributed by atoms with Crippen LogP contribution < -0.4 is 5.73 Å². The summed E-state index contributed by atoms with van der Waals surface area (Å²) in [7, 11) is 0. The molecule has 0 aromatic heterocycles. The molecular formula is C17H19N. The van der Waals surface area contributed by atoms with E-state index >= 15 is 0 Å². The van der Waals surface area contributed by atoms with Crippen LogP contribution in [0.3, 0.4) is 0 Å². The Morgan fingerprint density at radius 3 is 2.17 bits per heavy atom. The number of nitrogens with two attached hydrogens (primary N) is 1. The predicted molar refractivity (Wildman–Crippen MR) is 78.1 cm³/mol. The molecule has 2 aromatic rings. The average Bonchev–Trinajstić information content (AvgIpc) is 2.46. The lowest BCUT2D eigenvalue weighted by Gasteiger charge is -2.03. The SMILES string of the molecule is CCc1ccc(C/C=C(\N)c2ccccc2)cc1. The van der Waals surface area contributed by atoms with Gasteiger partial charge in [0.2, 0.25) is 0 Å². The second-order valence-electron chi connectivity index (χ2n) is 4.40. The van der Waals surface area contributed by atoms with Gasteiger partial charge in [-0.2, -0.15) is 0 Å². The third kappa shape index (κ3) is 3.24. The van der Waals surface area contributed by atoms with Gasteiger partial charge in [0.15, 0.2) is 0 Å². The molecule has 0 amide bonds. The monoisotopic (exact) mass is 237 g/mol. The summed E-state index contributed by atoms with van der Waals surface area (Å²) in [5.41, 5.74) is 10.7. The summed E-state index contributed by atoms with van der Waals surface area (Å²) in [6.45, 7) is 2.17. The van der Waals surface area contributed by atoms with E-state index < -0.39 is 0 Å². The van der Waals surface area contributed by atoms with Crippen molar-refractivity contribution >= 4 is 5.70 Å². The maximum atomic E-state index is 6.06. The van der Waals surface area contributed by atoms with E-state index in [-0.39, 0.29) is 0 Å². The number of benzene rings is 2. The molecule has 0 bridgehead atoms. The van der Waals surface area contributed by atoms with Gasteiger partial charge in [-0.1, -0.05) is 67.6 Å². The summed E-state index contributed by atoms with van der Waals surface area (Å²) < 4.78 is 0. The Hall–Kier alpha value is -2.02. The topological polar surface area (TPSA) is 26.0 Å². The van der Waals surface area contributed by atoms with E-state index in [4.69, 9.17) is 5.73 Å². The van der Waals surface area contributed by atoms with E-state index in [9.17, 15) is 0 Å². The molecule has 1 heteroatoms. The highest BCUT2D eigenvalue weighted by atomic mass is 14.6. The zero-order valence-corrected chi connectivity index (χ0v) is 10.8. The van der Waals surface area contributed by atoms with Crippen molar-refractivity contribution in [2.45, 2.75) is 19.8 Å². The van der Waals surface area contributed by atoms with E-state index in [1.807, 2.05) is 30.3 Å². The summed E-state index contributed by atoms with van der Waals surface area (Å²) in [6, 6.07) is 18.8. The molecule has 0 heterocycles. The normalized spacial score (nSPS) is 11.5. The van der Waals surface area contributed by atoms with Crippen LogP contribution in [0.15, 0.2) is 60.7 Å². The molecule has 0 atom stereocenters. The fourth-order valence-electron chi connectivity index (χ4n) is 1.89. The van der Waals surface area contributed by atoms with E-state index in [1.54, 1.807) is 0 Å². The maximum absolute atomic E-state index is 6.06. The minimum Gasteiger partial charge on any atom is -0.398 e. The van der Waals surface area contributed by atoms with Crippen LogP contribution in [0, 0.1) is 0 Å². The Bertz CT molecular complexity index is 509. The van der Waals surface area contributed by atoms with Crippen LogP contribution in [0.2, 0.25) is 0 Å². The lowest BCUT2D eigenvalue weighted by atomic mass is 10.1. The quantitative estimate of drug-likeness (QED) is 0.860.